The molecule has 0 unspecified atom stereocenters. The van der Waals surface area contributed by atoms with Gasteiger partial charge in [-0.25, -0.2) is 13.4 Å². The lowest BCUT2D eigenvalue weighted by Gasteiger charge is -2.25. The Kier molecular flexibility index (Phi) is 6.89. The summed E-state index contributed by atoms with van der Waals surface area (Å²) in [7, 11) is -3.69. The number of anilines is 1. The van der Waals surface area contributed by atoms with Gasteiger partial charge in [-0.2, -0.15) is 4.31 Å². The first kappa shape index (κ1) is 22.5. The molecule has 1 aliphatic rings. The van der Waals surface area contributed by atoms with Gasteiger partial charge in [0, 0.05) is 39.0 Å². The van der Waals surface area contributed by atoms with Crippen LogP contribution in [-0.2, 0) is 26.0 Å². The van der Waals surface area contributed by atoms with Crippen LogP contribution in [0.15, 0.2) is 41.4 Å². The number of rotatable bonds is 9. The highest BCUT2D eigenvalue weighted by molar-refractivity contribution is 7.89. The summed E-state index contributed by atoms with van der Waals surface area (Å²) < 4.78 is 39.6. The van der Waals surface area contributed by atoms with E-state index >= 15 is 0 Å². The number of carbonyl (C=O) groups is 1. The third-order valence-corrected chi connectivity index (χ3v) is 7.14. The average molecular weight is 462 g/mol. The minimum Gasteiger partial charge on any atom is -0.382 e. The number of benzene rings is 1. The Hall–Kier alpha value is -2.73. The molecular weight excluding hydrogens is 434 g/mol. The van der Waals surface area contributed by atoms with Gasteiger partial charge in [-0.05, 0) is 31.5 Å². The minimum atomic E-state index is -3.69. The first-order valence-electron chi connectivity index (χ1n) is 10.6. The molecule has 2 N–H and O–H groups in total. The van der Waals surface area contributed by atoms with Crippen LogP contribution >= 0.6 is 0 Å². The van der Waals surface area contributed by atoms with Crippen molar-refractivity contribution in [2.24, 2.45) is 0 Å². The van der Waals surface area contributed by atoms with Gasteiger partial charge in [-0.3, -0.25) is 10.1 Å². The predicted molar refractivity (Wildman–Crippen MR) is 119 cm³/mol. The SMILES string of the molecule is CCOCCCn1c(NC(=O)c2cc(S(=O)(=O)N3CCOCC3)c[nH]2)nc2ccccc21. The molecule has 0 spiro atoms. The van der Waals surface area contributed by atoms with E-state index in [9.17, 15) is 13.2 Å². The van der Waals surface area contributed by atoms with Crippen LogP contribution in [0.25, 0.3) is 11.0 Å². The zero-order valence-corrected chi connectivity index (χ0v) is 18.7. The largest absolute Gasteiger partial charge is 0.382 e. The van der Waals surface area contributed by atoms with Crippen molar-refractivity contribution in [2.75, 3.05) is 44.8 Å². The number of hydrogen-bond donors (Lipinski definition) is 2. The second-order valence-electron chi connectivity index (χ2n) is 7.35. The molecule has 0 bridgehead atoms. The number of amides is 1. The van der Waals surface area contributed by atoms with E-state index in [0.29, 0.717) is 52.0 Å². The van der Waals surface area contributed by atoms with Gasteiger partial charge >= 0.3 is 0 Å². The van der Waals surface area contributed by atoms with Crippen LogP contribution in [0.2, 0.25) is 0 Å². The lowest BCUT2D eigenvalue weighted by Crippen LogP contribution is -2.40. The normalized spacial score (nSPS) is 15.3. The molecule has 1 aromatic carbocycles. The van der Waals surface area contributed by atoms with Crippen LogP contribution in [0.4, 0.5) is 5.95 Å². The van der Waals surface area contributed by atoms with Crippen molar-refractivity contribution in [2.45, 2.75) is 24.8 Å². The van der Waals surface area contributed by atoms with Crippen molar-refractivity contribution in [3.05, 3.63) is 42.2 Å². The van der Waals surface area contributed by atoms with Gasteiger partial charge in [0.25, 0.3) is 5.91 Å². The first-order valence-corrected chi connectivity index (χ1v) is 12.1. The third-order valence-electron chi connectivity index (χ3n) is 5.26. The molecule has 0 atom stereocenters. The minimum absolute atomic E-state index is 0.0507. The summed E-state index contributed by atoms with van der Waals surface area (Å²) in [5, 5.41) is 2.81. The molecule has 3 aromatic rings. The smallest absolute Gasteiger partial charge is 0.274 e. The van der Waals surface area contributed by atoms with Crippen molar-refractivity contribution < 1.29 is 22.7 Å². The zero-order valence-electron chi connectivity index (χ0n) is 17.9. The summed E-state index contributed by atoms with van der Waals surface area (Å²) in [4.78, 5) is 20.3. The number of imidazole rings is 1. The number of hydrogen-bond acceptors (Lipinski definition) is 6. The molecular formula is C21H27N5O5S. The predicted octanol–water partition coefficient (Wildman–Crippen LogP) is 2.06. The van der Waals surface area contributed by atoms with E-state index in [4.69, 9.17) is 9.47 Å². The zero-order chi connectivity index (χ0) is 22.6. The monoisotopic (exact) mass is 461 g/mol. The number of nitrogens with zero attached hydrogens (tertiary/aromatic N) is 3. The van der Waals surface area contributed by atoms with E-state index in [0.717, 1.165) is 17.5 Å². The van der Waals surface area contributed by atoms with Gasteiger partial charge in [0.05, 0.1) is 24.2 Å². The summed E-state index contributed by atoms with van der Waals surface area (Å²) in [5.74, 6) is -0.0605. The molecule has 1 aliphatic heterocycles. The molecule has 11 heteroatoms. The van der Waals surface area contributed by atoms with Crippen LogP contribution in [-0.4, -0.2) is 72.7 Å². The first-order chi connectivity index (χ1) is 15.5. The number of aromatic nitrogens is 3. The van der Waals surface area contributed by atoms with Crippen LogP contribution in [0.3, 0.4) is 0 Å². The van der Waals surface area contributed by atoms with E-state index < -0.39 is 15.9 Å². The molecule has 1 amide bonds. The molecule has 2 aromatic heterocycles. The number of nitrogens with one attached hydrogen (secondary N) is 2. The molecule has 0 saturated carbocycles. The van der Waals surface area contributed by atoms with Gasteiger partial charge in [-0.15, -0.1) is 0 Å². The number of aromatic amines is 1. The second kappa shape index (κ2) is 9.82. The number of sulfonamides is 1. The number of fused-ring (bicyclic) bond motifs is 1. The Morgan fingerprint density at radius 2 is 2.06 bits per heavy atom. The topological polar surface area (TPSA) is 119 Å². The van der Waals surface area contributed by atoms with Crippen molar-refractivity contribution >= 4 is 32.9 Å². The van der Waals surface area contributed by atoms with Crippen LogP contribution in [0, 0.1) is 0 Å². The number of aryl methyl sites for hydroxylation is 1. The molecule has 0 radical (unpaired) electrons. The summed E-state index contributed by atoms with van der Waals surface area (Å²) in [6.07, 6.45) is 2.10. The van der Waals surface area contributed by atoms with E-state index in [2.05, 4.69) is 15.3 Å². The van der Waals surface area contributed by atoms with E-state index in [1.807, 2.05) is 35.8 Å². The van der Waals surface area contributed by atoms with Crippen LogP contribution in [0.1, 0.15) is 23.8 Å². The Labute approximate surface area is 186 Å². The van der Waals surface area contributed by atoms with Gasteiger partial charge in [-0.1, -0.05) is 12.1 Å². The molecule has 10 nitrogen and oxygen atoms in total. The summed E-state index contributed by atoms with van der Waals surface area (Å²) in [6.45, 7) is 5.13. The number of H-pyrrole nitrogens is 1. The molecule has 1 saturated heterocycles. The summed E-state index contributed by atoms with van der Waals surface area (Å²) >= 11 is 0. The van der Waals surface area contributed by atoms with Crippen molar-refractivity contribution in [1.82, 2.24) is 18.8 Å². The van der Waals surface area contributed by atoms with Gasteiger partial charge < -0.3 is 19.0 Å². The standard InChI is InChI=1S/C21H27N5O5S/c1-2-30-11-5-8-26-19-7-4-3-6-17(19)23-21(26)24-20(27)18-14-16(15-22-18)32(28,29)25-9-12-31-13-10-25/h3-4,6-7,14-15,22H,2,5,8-13H2,1H3,(H,23,24,27). The van der Waals surface area contributed by atoms with E-state index in [1.54, 1.807) is 0 Å². The Morgan fingerprint density at radius 3 is 2.84 bits per heavy atom. The quantitative estimate of drug-likeness (QED) is 0.471. The molecule has 172 valence electrons. The number of morpholine rings is 1. The number of para-hydroxylation sites is 2. The van der Waals surface area contributed by atoms with E-state index in [1.165, 1.54) is 16.6 Å². The highest BCUT2D eigenvalue weighted by Crippen LogP contribution is 2.22. The number of carbonyl (C=O) groups excluding carboxylic acids is 1. The molecule has 3 heterocycles. The van der Waals surface area contributed by atoms with E-state index in [-0.39, 0.29) is 10.6 Å². The summed E-state index contributed by atoms with van der Waals surface area (Å²) in [5.41, 5.74) is 1.81. The Morgan fingerprint density at radius 1 is 1.28 bits per heavy atom. The second-order valence-corrected chi connectivity index (χ2v) is 9.28. The fourth-order valence-electron chi connectivity index (χ4n) is 3.63. The highest BCUT2D eigenvalue weighted by atomic mass is 32.2. The Bertz CT molecular complexity index is 1180. The maximum atomic E-state index is 12.9. The fourth-order valence-corrected chi connectivity index (χ4v) is 5.03. The average Bonchev–Trinajstić information content (AvgIpc) is 3.43. The third kappa shape index (κ3) is 4.70. The lowest BCUT2D eigenvalue weighted by molar-refractivity contribution is 0.0730. The maximum Gasteiger partial charge on any atom is 0.274 e. The van der Waals surface area contributed by atoms with Crippen molar-refractivity contribution in [3.8, 4) is 0 Å². The summed E-state index contributed by atoms with van der Waals surface area (Å²) in [6, 6.07) is 8.98. The van der Waals surface area contributed by atoms with Gasteiger partial charge in [0.2, 0.25) is 16.0 Å². The fraction of sp³-hybridized carbons (Fsp3) is 0.429. The lowest BCUT2D eigenvalue weighted by atomic mass is 10.3. The van der Waals surface area contributed by atoms with Gasteiger partial charge in [0.15, 0.2) is 0 Å². The van der Waals surface area contributed by atoms with Crippen LogP contribution in [0.5, 0.6) is 0 Å². The molecule has 0 aliphatic carbocycles. The Balaban J connectivity index is 1.53. The maximum absolute atomic E-state index is 12.9. The number of ether oxygens (including phenoxy) is 2. The van der Waals surface area contributed by atoms with Gasteiger partial charge in [0.1, 0.15) is 10.6 Å². The highest BCUT2D eigenvalue weighted by Gasteiger charge is 2.28. The molecule has 1 fully saturated rings. The van der Waals surface area contributed by atoms with Crippen molar-refractivity contribution in [1.29, 1.82) is 0 Å². The molecule has 4 rings (SSSR count). The van der Waals surface area contributed by atoms with Crippen LogP contribution < -0.4 is 5.32 Å². The molecule has 32 heavy (non-hydrogen) atoms. The van der Waals surface area contributed by atoms with Crippen molar-refractivity contribution in [3.63, 3.8) is 0 Å².